The Balaban J connectivity index is 1.66. The first-order valence-electron chi connectivity index (χ1n) is 7.90. The van der Waals surface area contributed by atoms with Crippen molar-refractivity contribution in [3.05, 3.63) is 93.3 Å². The normalized spacial score (nSPS) is 10.4. The van der Waals surface area contributed by atoms with Gasteiger partial charge in [0.2, 0.25) is 0 Å². The van der Waals surface area contributed by atoms with Gasteiger partial charge >= 0.3 is 0 Å². The van der Waals surface area contributed by atoms with Gasteiger partial charge in [0.25, 0.3) is 11.6 Å². The Morgan fingerprint density at radius 1 is 1.19 bits per heavy atom. The van der Waals surface area contributed by atoms with Crippen LogP contribution in [0.15, 0.2) is 71.9 Å². The molecule has 27 heavy (non-hydrogen) atoms. The lowest BCUT2D eigenvalue weighted by molar-refractivity contribution is -0.385. The van der Waals surface area contributed by atoms with Crippen LogP contribution in [-0.4, -0.2) is 15.8 Å². The van der Waals surface area contributed by atoms with Crippen molar-refractivity contribution in [2.24, 2.45) is 0 Å². The lowest BCUT2D eigenvalue weighted by Crippen LogP contribution is -2.13. The number of hydrogen-bond acceptors (Lipinski definition) is 5. The van der Waals surface area contributed by atoms with E-state index in [-0.39, 0.29) is 16.3 Å². The zero-order valence-electron chi connectivity index (χ0n) is 14.0. The maximum atomic E-state index is 12.4. The van der Waals surface area contributed by atoms with E-state index < -0.39 is 10.8 Å². The Hall–Kier alpha value is -2.90. The summed E-state index contributed by atoms with van der Waals surface area (Å²) in [6.07, 6.45) is 3.55. The topological polar surface area (TPSA) is 85.1 Å². The number of nitro benzene ring substituents is 1. The summed E-state index contributed by atoms with van der Waals surface area (Å²) in [4.78, 5) is 28.0. The molecular weight excluding hydrogens is 386 g/mol. The first-order chi connectivity index (χ1) is 13.0. The number of thioether (sulfide) groups is 1. The maximum Gasteiger partial charge on any atom is 0.283 e. The van der Waals surface area contributed by atoms with Gasteiger partial charge in [0.15, 0.2) is 0 Å². The molecule has 1 N–H and O–H groups in total. The van der Waals surface area contributed by atoms with Gasteiger partial charge in [-0.15, -0.1) is 11.8 Å². The minimum Gasteiger partial charge on any atom is -0.322 e. The Morgan fingerprint density at radius 3 is 2.63 bits per heavy atom. The molecular formula is C19H14ClN3O3S. The minimum absolute atomic E-state index is 0.0422. The van der Waals surface area contributed by atoms with Crippen molar-refractivity contribution in [1.82, 2.24) is 4.98 Å². The SMILES string of the molecule is O=C(Nc1ccc(SCc2cccnc2)cc1)c1ccc(Cl)cc1[N+](=O)[O-]. The van der Waals surface area contributed by atoms with Gasteiger partial charge < -0.3 is 5.32 Å². The quantitative estimate of drug-likeness (QED) is 0.350. The molecule has 1 amide bonds. The zero-order valence-corrected chi connectivity index (χ0v) is 15.5. The van der Waals surface area contributed by atoms with Crippen LogP contribution in [0.3, 0.4) is 0 Å². The maximum absolute atomic E-state index is 12.4. The van der Waals surface area contributed by atoms with Crippen molar-refractivity contribution in [2.45, 2.75) is 10.6 Å². The van der Waals surface area contributed by atoms with Crippen LogP contribution in [0, 0.1) is 10.1 Å². The van der Waals surface area contributed by atoms with Crippen LogP contribution in [0.4, 0.5) is 11.4 Å². The van der Waals surface area contributed by atoms with E-state index in [1.807, 2.05) is 30.5 Å². The van der Waals surface area contributed by atoms with Crippen LogP contribution in [0.5, 0.6) is 0 Å². The zero-order chi connectivity index (χ0) is 19.2. The average molecular weight is 400 g/mol. The predicted molar refractivity (Wildman–Crippen MR) is 106 cm³/mol. The smallest absolute Gasteiger partial charge is 0.283 e. The van der Waals surface area contributed by atoms with Gasteiger partial charge in [-0.25, -0.2) is 0 Å². The molecule has 136 valence electrons. The second-order valence-electron chi connectivity index (χ2n) is 5.55. The Kier molecular flexibility index (Phi) is 6.05. The number of hydrogen-bond donors (Lipinski definition) is 1. The van der Waals surface area contributed by atoms with Gasteiger partial charge in [0.1, 0.15) is 5.56 Å². The molecule has 1 heterocycles. The Morgan fingerprint density at radius 2 is 1.96 bits per heavy atom. The lowest BCUT2D eigenvalue weighted by Gasteiger charge is -2.07. The highest BCUT2D eigenvalue weighted by Gasteiger charge is 2.20. The number of amides is 1. The van der Waals surface area contributed by atoms with Gasteiger partial charge in [-0.3, -0.25) is 19.9 Å². The van der Waals surface area contributed by atoms with Gasteiger partial charge in [-0.2, -0.15) is 0 Å². The van der Waals surface area contributed by atoms with Gasteiger partial charge in [0, 0.05) is 39.8 Å². The summed E-state index contributed by atoms with van der Waals surface area (Å²) >= 11 is 7.42. The number of carbonyl (C=O) groups is 1. The number of carbonyl (C=O) groups excluding carboxylic acids is 1. The highest BCUT2D eigenvalue weighted by Crippen LogP contribution is 2.26. The summed E-state index contributed by atoms with van der Waals surface area (Å²) in [5.74, 6) is 0.227. The molecule has 6 nitrogen and oxygen atoms in total. The van der Waals surface area contributed by atoms with Crippen molar-refractivity contribution < 1.29 is 9.72 Å². The molecule has 0 aliphatic heterocycles. The molecule has 0 fully saturated rings. The number of pyridine rings is 1. The van der Waals surface area contributed by atoms with E-state index in [0.717, 1.165) is 22.3 Å². The van der Waals surface area contributed by atoms with Crippen molar-refractivity contribution >= 4 is 40.6 Å². The number of nitrogens with one attached hydrogen (secondary N) is 1. The van der Waals surface area contributed by atoms with E-state index in [2.05, 4.69) is 10.3 Å². The molecule has 8 heteroatoms. The van der Waals surface area contributed by atoms with Crippen molar-refractivity contribution in [2.75, 3.05) is 5.32 Å². The average Bonchev–Trinajstić information content (AvgIpc) is 2.68. The fraction of sp³-hybridized carbons (Fsp3) is 0.0526. The summed E-state index contributed by atoms with van der Waals surface area (Å²) in [7, 11) is 0. The predicted octanol–water partition coefficient (Wildman–Crippen LogP) is 5.19. The second-order valence-corrected chi connectivity index (χ2v) is 7.03. The molecule has 0 spiro atoms. The summed E-state index contributed by atoms with van der Waals surface area (Å²) in [5, 5.41) is 14.0. The highest BCUT2D eigenvalue weighted by atomic mass is 35.5. The molecule has 3 rings (SSSR count). The summed E-state index contributed by atoms with van der Waals surface area (Å²) in [6.45, 7) is 0. The molecule has 0 saturated carbocycles. The van der Waals surface area contributed by atoms with Crippen LogP contribution in [-0.2, 0) is 5.75 Å². The van der Waals surface area contributed by atoms with Gasteiger partial charge in [-0.1, -0.05) is 17.7 Å². The Labute approximate surface area is 164 Å². The van der Waals surface area contributed by atoms with Crippen LogP contribution >= 0.6 is 23.4 Å². The standard InChI is InChI=1S/C19H14ClN3O3S/c20-14-3-8-17(18(10-14)23(25)26)19(24)22-15-4-6-16(7-5-15)27-12-13-2-1-9-21-11-13/h1-11H,12H2,(H,22,24). The van der Waals surface area contributed by atoms with Crippen molar-refractivity contribution in [1.29, 1.82) is 0 Å². The van der Waals surface area contributed by atoms with E-state index in [1.165, 1.54) is 12.1 Å². The number of anilines is 1. The number of nitrogens with zero attached hydrogens (tertiary/aromatic N) is 2. The highest BCUT2D eigenvalue weighted by molar-refractivity contribution is 7.98. The summed E-state index contributed by atoms with van der Waals surface area (Å²) in [6, 6.07) is 15.1. The Bertz CT molecular complexity index is 966. The monoisotopic (exact) mass is 399 g/mol. The fourth-order valence-electron chi connectivity index (χ4n) is 2.33. The number of benzene rings is 2. The van der Waals surface area contributed by atoms with Gasteiger partial charge in [-0.05, 0) is 48.0 Å². The molecule has 3 aromatic rings. The third kappa shape index (κ3) is 5.06. The summed E-state index contributed by atoms with van der Waals surface area (Å²) < 4.78 is 0. The molecule has 0 unspecified atom stereocenters. The molecule has 0 aliphatic rings. The van der Waals surface area contributed by atoms with Crippen molar-refractivity contribution in [3.63, 3.8) is 0 Å². The van der Waals surface area contributed by atoms with Crippen LogP contribution in [0.1, 0.15) is 15.9 Å². The van der Waals surface area contributed by atoms with E-state index in [1.54, 1.807) is 30.1 Å². The molecule has 1 aromatic heterocycles. The molecule has 0 aliphatic carbocycles. The molecule has 0 atom stereocenters. The first kappa shape index (κ1) is 18.9. The van der Waals surface area contributed by atoms with Crippen LogP contribution in [0.25, 0.3) is 0 Å². The van der Waals surface area contributed by atoms with E-state index in [9.17, 15) is 14.9 Å². The largest absolute Gasteiger partial charge is 0.322 e. The van der Waals surface area contributed by atoms with E-state index in [0.29, 0.717) is 5.69 Å². The third-order valence-corrected chi connectivity index (χ3v) is 4.96. The first-order valence-corrected chi connectivity index (χ1v) is 9.26. The third-order valence-electron chi connectivity index (χ3n) is 3.64. The van der Waals surface area contributed by atoms with Gasteiger partial charge in [0.05, 0.1) is 4.92 Å². The van der Waals surface area contributed by atoms with E-state index in [4.69, 9.17) is 11.6 Å². The molecule has 0 saturated heterocycles. The second kappa shape index (κ2) is 8.66. The number of aromatic nitrogens is 1. The van der Waals surface area contributed by atoms with Crippen LogP contribution < -0.4 is 5.32 Å². The van der Waals surface area contributed by atoms with Crippen LogP contribution in [0.2, 0.25) is 5.02 Å². The summed E-state index contributed by atoms with van der Waals surface area (Å²) in [5.41, 5.74) is 1.30. The number of nitro groups is 1. The molecule has 0 radical (unpaired) electrons. The van der Waals surface area contributed by atoms with E-state index >= 15 is 0 Å². The number of halogens is 1. The van der Waals surface area contributed by atoms with Crippen molar-refractivity contribution in [3.8, 4) is 0 Å². The molecule has 0 bridgehead atoms. The lowest BCUT2D eigenvalue weighted by atomic mass is 10.1. The fourth-order valence-corrected chi connectivity index (χ4v) is 3.33. The number of rotatable bonds is 6. The minimum atomic E-state index is -0.626. The molecule has 2 aromatic carbocycles.